The first-order valence-electron chi connectivity index (χ1n) is 12.1. The Morgan fingerprint density at radius 3 is 2.18 bits per heavy atom. The highest BCUT2D eigenvalue weighted by Gasteiger charge is 2.36. The van der Waals surface area contributed by atoms with Gasteiger partial charge in [-0.25, -0.2) is 4.79 Å². The Morgan fingerprint density at radius 1 is 0.941 bits per heavy atom. The molecule has 7 nitrogen and oxygen atoms in total. The number of ether oxygens (including phenoxy) is 1. The summed E-state index contributed by atoms with van der Waals surface area (Å²) in [6, 6.07) is 16.0. The maximum atomic E-state index is 12.7. The third-order valence-electron chi connectivity index (χ3n) is 7.39. The molecule has 0 aromatic heterocycles. The Kier molecular flexibility index (Phi) is 6.26. The summed E-state index contributed by atoms with van der Waals surface area (Å²) in [4.78, 5) is 36.4. The quantitative estimate of drug-likeness (QED) is 0.549. The molecule has 0 bridgehead atoms. The van der Waals surface area contributed by atoms with E-state index in [2.05, 4.69) is 34.9 Å². The second-order valence-electron chi connectivity index (χ2n) is 9.73. The van der Waals surface area contributed by atoms with Crippen molar-refractivity contribution in [3.8, 4) is 11.1 Å². The van der Waals surface area contributed by atoms with Crippen molar-refractivity contribution in [1.29, 1.82) is 0 Å². The summed E-state index contributed by atoms with van der Waals surface area (Å²) in [5, 5.41) is 15.0. The predicted octanol–water partition coefficient (Wildman–Crippen LogP) is 4.06. The Morgan fingerprint density at radius 2 is 1.59 bits per heavy atom. The smallest absolute Gasteiger partial charge is 0.407 e. The first-order valence-corrected chi connectivity index (χ1v) is 12.1. The molecule has 3 atom stereocenters. The first-order chi connectivity index (χ1) is 16.5. The zero-order valence-corrected chi connectivity index (χ0v) is 19.0. The summed E-state index contributed by atoms with van der Waals surface area (Å²) in [5.41, 5.74) is 4.67. The van der Waals surface area contributed by atoms with Gasteiger partial charge < -0.3 is 20.5 Å². The molecule has 34 heavy (non-hydrogen) atoms. The van der Waals surface area contributed by atoms with Gasteiger partial charge in [0.05, 0.1) is 5.92 Å². The normalized spacial score (nSPS) is 21.9. The minimum absolute atomic E-state index is 0.00892. The molecule has 5 rings (SSSR count). The number of aliphatic carboxylic acids is 1. The monoisotopic (exact) mass is 462 g/mol. The van der Waals surface area contributed by atoms with E-state index in [0.29, 0.717) is 19.3 Å². The molecule has 2 fully saturated rings. The van der Waals surface area contributed by atoms with Crippen molar-refractivity contribution in [2.45, 2.75) is 56.5 Å². The van der Waals surface area contributed by atoms with Crippen molar-refractivity contribution in [2.24, 2.45) is 11.8 Å². The van der Waals surface area contributed by atoms with Gasteiger partial charge >= 0.3 is 12.1 Å². The molecule has 2 amide bonds. The standard InChI is InChI=1S/C27H30N2O5/c30-25(28-18-12-11-17(13-18)26(31)32)14-24(16-9-10-16)29-27(33)34-15-23-21-7-3-1-5-19(21)20-6-2-4-8-22(20)23/h1-8,16-18,23-24H,9-15H2,(H,28,30)(H,29,33)(H,31,32). The van der Waals surface area contributed by atoms with Crippen molar-refractivity contribution in [3.05, 3.63) is 59.7 Å². The maximum Gasteiger partial charge on any atom is 0.407 e. The molecule has 0 spiro atoms. The van der Waals surface area contributed by atoms with Gasteiger partial charge in [0.1, 0.15) is 6.61 Å². The van der Waals surface area contributed by atoms with Gasteiger partial charge in [-0.05, 0) is 60.3 Å². The molecule has 0 heterocycles. The summed E-state index contributed by atoms with van der Waals surface area (Å²) in [5.74, 6) is -1.06. The van der Waals surface area contributed by atoms with E-state index in [0.717, 1.165) is 24.0 Å². The average molecular weight is 463 g/mol. The van der Waals surface area contributed by atoms with E-state index in [1.54, 1.807) is 0 Å². The number of carboxylic acid groups (broad SMARTS) is 1. The van der Waals surface area contributed by atoms with E-state index >= 15 is 0 Å². The second-order valence-corrected chi connectivity index (χ2v) is 9.73. The number of amides is 2. The van der Waals surface area contributed by atoms with Crippen LogP contribution < -0.4 is 10.6 Å². The SMILES string of the molecule is O=C(CC(NC(=O)OCC1c2ccccc2-c2ccccc21)C1CC1)NC1CCC(C(=O)O)C1. The van der Waals surface area contributed by atoms with Crippen molar-refractivity contribution in [2.75, 3.05) is 6.61 Å². The van der Waals surface area contributed by atoms with Gasteiger partial charge in [0.2, 0.25) is 5.91 Å². The Labute approximate surface area is 198 Å². The minimum atomic E-state index is -0.801. The lowest BCUT2D eigenvalue weighted by Gasteiger charge is -2.20. The van der Waals surface area contributed by atoms with Crippen LogP contribution in [0.4, 0.5) is 4.79 Å². The van der Waals surface area contributed by atoms with Crippen molar-refractivity contribution < 1.29 is 24.2 Å². The molecular weight excluding hydrogens is 432 g/mol. The molecule has 3 unspecified atom stereocenters. The van der Waals surface area contributed by atoms with Gasteiger partial charge in [-0.3, -0.25) is 9.59 Å². The lowest BCUT2D eigenvalue weighted by atomic mass is 9.98. The largest absolute Gasteiger partial charge is 0.481 e. The van der Waals surface area contributed by atoms with Crippen LogP contribution in [0.15, 0.2) is 48.5 Å². The van der Waals surface area contributed by atoms with E-state index in [9.17, 15) is 14.4 Å². The number of carbonyl (C=O) groups excluding carboxylic acids is 2. The second kappa shape index (κ2) is 9.49. The summed E-state index contributed by atoms with van der Waals surface area (Å²) in [7, 11) is 0. The molecule has 178 valence electrons. The topological polar surface area (TPSA) is 105 Å². The molecule has 3 N–H and O–H groups in total. The van der Waals surface area contributed by atoms with Gasteiger partial charge in [0.25, 0.3) is 0 Å². The van der Waals surface area contributed by atoms with Gasteiger partial charge in [-0.1, -0.05) is 48.5 Å². The van der Waals surface area contributed by atoms with Crippen molar-refractivity contribution in [3.63, 3.8) is 0 Å². The third kappa shape index (κ3) is 4.79. The highest BCUT2D eigenvalue weighted by Crippen LogP contribution is 2.44. The maximum absolute atomic E-state index is 12.7. The zero-order valence-electron chi connectivity index (χ0n) is 19.0. The molecule has 3 aliphatic carbocycles. The zero-order chi connectivity index (χ0) is 23.7. The van der Waals surface area contributed by atoms with E-state index in [-0.39, 0.29) is 48.8 Å². The first kappa shape index (κ1) is 22.4. The van der Waals surface area contributed by atoms with Crippen LogP contribution in [0.1, 0.15) is 55.6 Å². The number of benzene rings is 2. The van der Waals surface area contributed by atoms with Gasteiger partial charge in [0.15, 0.2) is 0 Å². The van der Waals surface area contributed by atoms with Crippen LogP contribution in [0.2, 0.25) is 0 Å². The molecule has 0 saturated heterocycles. The van der Waals surface area contributed by atoms with Crippen LogP contribution in [0.5, 0.6) is 0 Å². The highest BCUT2D eigenvalue weighted by atomic mass is 16.5. The van der Waals surface area contributed by atoms with Gasteiger partial charge in [-0.2, -0.15) is 0 Å². The summed E-state index contributed by atoms with van der Waals surface area (Å²) >= 11 is 0. The Bertz CT molecular complexity index is 1050. The van der Waals surface area contributed by atoms with Crippen LogP contribution >= 0.6 is 0 Å². The molecular formula is C27H30N2O5. The van der Waals surface area contributed by atoms with E-state index in [1.807, 2.05) is 24.3 Å². The van der Waals surface area contributed by atoms with Crippen LogP contribution in [-0.4, -0.2) is 41.8 Å². The van der Waals surface area contributed by atoms with Crippen LogP contribution in [0.25, 0.3) is 11.1 Å². The summed E-state index contributed by atoms with van der Waals surface area (Å²) in [6.45, 7) is 0.238. The summed E-state index contributed by atoms with van der Waals surface area (Å²) < 4.78 is 5.66. The highest BCUT2D eigenvalue weighted by molar-refractivity contribution is 5.80. The number of nitrogens with one attached hydrogen (secondary N) is 2. The number of alkyl carbamates (subject to hydrolysis) is 1. The fourth-order valence-corrected chi connectivity index (χ4v) is 5.45. The summed E-state index contributed by atoms with van der Waals surface area (Å²) in [6.07, 6.45) is 3.37. The van der Waals surface area contributed by atoms with E-state index in [1.165, 1.54) is 11.1 Å². The minimum Gasteiger partial charge on any atom is -0.481 e. The van der Waals surface area contributed by atoms with Gasteiger partial charge in [-0.15, -0.1) is 0 Å². The number of hydrogen-bond donors (Lipinski definition) is 3. The molecule has 2 aromatic carbocycles. The molecule has 2 saturated carbocycles. The van der Waals surface area contributed by atoms with E-state index in [4.69, 9.17) is 9.84 Å². The molecule has 2 aromatic rings. The van der Waals surface area contributed by atoms with Crippen LogP contribution in [-0.2, 0) is 14.3 Å². The number of carbonyl (C=O) groups is 3. The predicted molar refractivity (Wildman–Crippen MR) is 126 cm³/mol. The fraction of sp³-hybridized carbons (Fsp3) is 0.444. The number of hydrogen-bond acceptors (Lipinski definition) is 4. The molecule has 0 aliphatic heterocycles. The molecule has 3 aliphatic rings. The number of rotatable bonds is 8. The Hall–Kier alpha value is -3.35. The van der Waals surface area contributed by atoms with Gasteiger partial charge in [0, 0.05) is 24.4 Å². The van der Waals surface area contributed by atoms with E-state index < -0.39 is 12.1 Å². The number of fused-ring (bicyclic) bond motifs is 3. The fourth-order valence-electron chi connectivity index (χ4n) is 5.45. The third-order valence-corrected chi connectivity index (χ3v) is 7.39. The van der Waals surface area contributed by atoms with Crippen molar-refractivity contribution in [1.82, 2.24) is 10.6 Å². The Balaban J connectivity index is 1.15. The van der Waals surface area contributed by atoms with Crippen LogP contribution in [0.3, 0.4) is 0 Å². The lowest BCUT2D eigenvalue weighted by Crippen LogP contribution is -2.43. The molecule has 7 heteroatoms. The number of carboxylic acids is 1. The lowest BCUT2D eigenvalue weighted by molar-refractivity contribution is -0.141. The molecule has 0 radical (unpaired) electrons. The van der Waals surface area contributed by atoms with Crippen molar-refractivity contribution >= 4 is 18.0 Å². The van der Waals surface area contributed by atoms with Crippen LogP contribution in [0, 0.1) is 11.8 Å². The average Bonchev–Trinajstić information content (AvgIpc) is 3.49.